The molecule has 0 saturated carbocycles. The van der Waals surface area contributed by atoms with Crippen molar-refractivity contribution in [3.05, 3.63) is 0 Å². The van der Waals surface area contributed by atoms with E-state index in [-0.39, 0.29) is 33.6 Å². The molecular weight excluding hydrogens is 258 g/mol. The van der Waals surface area contributed by atoms with Gasteiger partial charge in [-0.1, -0.05) is 0 Å². The molecule has 0 aliphatic carbocycles. The Hall–Kier alpha value is -0.637. The van der Waals surface area contributed by atoms with Gasteiger partial charge in [0.05, 0.1) is 0 Å². The summed E-state index contributed by atoms with van der Waals surface area (Å²) in [6, 6.07) is 0. The van der Waals surface area contributed by atoms with Crippen LogP contribution in [0.3, 0.4) is 0 Å². The molecular formula is C5H5Co2O5-5. The van der Waals surface area contributed by atoms with Crippen molar-refractivity contribution in [3.8, 4) is 0 Å². The Labute approximate surface area is 91.7 Å². The standard InChI is InChI=1S/5CHO.2Co/c5*1-2;;/h5*1H;;/q5*-1;;. The van der Waals surface area contributed by atoms with Gasteiger partial charge in [-0.05, 0) is 0 Å². The minimum atomic E-state index is 0. The summed E-state index contributed by atoms with van der Waals surface area (Å²) < 4.78 is 0. The number of hydrogen-bond acceptors (Lipinski definition) is 5. The largest absolute Gasteiger partial charge is 0.545 e. The molecule has 0 aromatic carbocycles. The van der Waals surface area contributed by atoms with E-state index in [1.165, 1.54) is 0 Å². The summed E-state index contributed by atoms with van der Waals surface area (Å²) in [5.74, 6) is 0. The van der Waals surface area contributed by atoms with Gasteiger partial charge in [-0.3, -0.25) is 33.9 Å². The second-order valence-corrected chi connectivity index (χ2v) is 0. The second-order valence-electron chi connectivity index (χ2n) is 0. The first-order valence-corrected chi connectivity index (χ1v) is 1.18. The third-order valence-corrected chi connectivity index (χ3v) is 0. The van der Waals surface area contributed by atoms with Gasteiger partial charge < -0.3 is 24.0 Å². The second kappa shape index (κ2) is 2240. The summed E-state index contributed by atoms with van der Waals surface area (Å²) in [6.07, 6.45) is 0. The molecule has 0 aromatic heterocycles. The minimum absolute atomic E-state index is 0. The molecule has 0 fully saturated rings. The molecule has 5 nitrogen and oxygen atoms in total. The fraction of sp³-hybridized carbons (Fsp3) is 0. The average Bonchev–Trinajstić information content (AvgIpc) is 2.20. The van der Waals surface area contributed by atoms with Crippen LogP contribution in [0.5, 0.6) is 0 Å². The van der Waals surface area contributed by atoms with Crippen molar-refractivity contribution in [1.82, 2.24) is 0 Å². The number of rotatable bonds is 0. The van der Waals surface area contributed by atoms with Crippen LogP contribution in [0.2, 0.25) is 0 Å². The van der Waals surface area contributed by atoms with Crippen LogP contribution in [0.1, 0.15) is 0 Å². The molecule has 0 rings (SSSR count). The van der Waals surface area contributed by atoms with E-state index in [1.54, 1.807) is 0 Å². The Kier molecular flexibility index (Phi) is 12000. The van der Waals surface area contributed by atoms with Crippen LogP contribution >= 0.6 is 0 Å². The molecule has 0 saturated heterocycles. The van der Waals surface area contributed by atoms with Gasteiger partial charge in [0.2, 0.25) is 0 Å². The van der Waals surface area contributed by atoms with E-state index in [0.29, 0.717) is 0 Å². The van der Waals surface area contributed by atoms with Crippen LogP contribution in [-0.2, 0) is 57.5 Å². The van der Waals surface area contributed by atoms with Crippen LogP contribution in [-0.4, -0.2) is 33.9 Å². The summed E-state index contributed by atoms with van der Waals surface area (Å²) in [5, 5.41) is 0. The maximum Gasteiger partial charge on any atom is 0 e. The zero-order valence-electron chi connectivity index (χ0n) is 5.59. The Morgan fingerprint density at radius 2 is 0.333 bits per heavy atom. The van der Waals surface area contributed by atoms with Crippen LogP contribution in [0.4, 0.5) is 0 Å². The van der Waals surface area contributed by atoms with Crippen molar-refractivity contribution in [2.24, 2.45) is 0 Å². The van der Waals surface area contributed by atoms with Crippen molar-refractivity contribution in [3.63, 3.8) is 0 Å². The zero-order valence-corrected chi connectivity index (χ0v) is 7.68. The fourth-order valence-electron chi connectivity index (χ4n) is 0. The molecule has 78 valence electrons. The molecule has 0 bridgehead atoms. The van der Waals surface area contributed by atoms with E-state index >= 15 is 0 Å². The van der Waals surface area contributed by atoms with Gasteiger partial charge in [-0.2, -0.15) is 0 Å². The Bertz CT molecular complexity index is 29.4. The van der Waals surface area contributed by atoms with E-state index in [9.17, 15) is 0 Å². The maximum atomic E-state index is 7.75. The van der Waals surface area contributed by atoms with Gasteiger partial charge in [0.15, 0.2) is 0 Å². The number of hydrogen-bond donors (Lipinski definition) is 0. The van der Waals surface area contributed by atoms with E-state index in [1.807, 2.05) is 0 Å². The third kappa shape index (κ3) is 1610. The topological polar surface area (TPSA) is 85.3 Å². The minimum Gasteiger partial charge on any atom is -0.545 e. The Balaban J connectivity index is -0.00000000500. The van der Waals surface area contributed by atoms with Gasteiger partial charge in [0.1, 0.15) is 0 Å². The SMILES string of the molecule is [CH-]=O.[CH-]=O.[CH-]=O.[CH-]=O.[CH-]=O.[Co].[Co]. The first-order valence-electron chi connectivity index (χ1n) is 1.18. The molecule has 0 amide bonds. The summed E-state index contributed by atoms with van der Waals surface area (Å²) in [7, 11) is 0. The van der Waals surface area contributed by atoms with Crippen molar-refractivity contribution in [1.29, 1.82) is 0 Å². The van der Waals surface area contributed by atoms with Gasteiger partial charge in [0.25, 0.3) is 0 Å². The molecule has 2 radical (unpaired) electrons. The van der Waals surface area contributed by atoms with Crippen LogP contribution in [0.15, 0.2) is 0 Å². The average molecular weight is 263 g/mol. The Morgan fingerprint density at radius 3 is 0.333 bits per heavy atom. The molecule has 7 heteroatoms. The van der Waals surface area contributed by atoms with Crippen LogP contribution < -0.4 is 0 Å². The van der Waals surface area contributed by atoms with Crippen molar-refractivity contribution in [2.45, 2.75) is 0 Å². The quantitative estimate of drug-likeness (QED) is 0.397. The van der Waals surface area contributed by atoms with Crippen LogP contribution in [0.25, 0.3) is 0 Å². The van der Waals surface area contributed by atoms with Gasteiger partial charge in [-0.15, -0.1) is 0 Å². The van der Waals surface area contributed by atoms with Crippen LogP contribution in [0, 0.1) is 0 Å². The molecule has 0 N–H and O–H groups in total. The predicted octanol–water partition coefficient (Wildman–Crippen LogP) is -1.38. The summed E-state index contributed by atoms with van der Waals surface area (Å²) in [5.41, 5.74) is 0. The van der Waals surface area contributed by atoms with Crippen molar-refractivity contribution >= 4 is 33.9 Å². The smallest absolute Gasteiger partial charge is 0 e. The molecule has 0 aromatic rings. The molecule has 0 aliphatic heterocycles. The molecule has 0 spiro atoms. The first kappa shape index (κ1) is 64.1. The molecule has 0 atom stereocenters. The molecule has 0 heterocycles. The van der Waals surface area contributed by atoms with E-state index in [0.717, 1.165) is 0 Å². The van der Waals surface area contributed by atoms with Crippen molar-refractivity contribution < 1.29 is 57.5 Å². The van der Waals surface area contributed by atoms with Crippen molar-refractivity contribution in [2.75, 3.05) is 0 Å². The van der Waals surface area contributed by atoms with E-state index < -0.39 is 0 Å². The van der Waals surface area contributed by atoms with Gasteiger partial charge >= 0.3 is 0 Å². The monoisotopic (exact) mass is 263 g/mol. The molecule has 12 heavy (non-hydrogen) atoms. The molecule has 0 unspecified atom stereocenters. The zero-order chi connectivity index (χ0) is 10.0. The maximum absolute atomic E-state index is 7.75. The normalized spacial score (nSPS) is 1.67. The van der Waals surface area contributed by atoms with E-state index in [2.05, 4.69) is 33.9 Å². The third-order valence-electron chi connectivity index (χ3n) is 0. The van der Waals surface area contributed by atoms with Gasteiger partial charge in [0, 0.05) is 33.6 Å². The summed E-state index contributed by atoms with van der Waals surface area (Å²) >= 11 is 0. The number of carbonyl (C=O) groups excluding carboxylic acids is 5. The summed E-state index contributed by atoms with van der Waals surface area (Å²) in [6.45, 7) is 16.2. The molecule has 0 aliphatic rings. The van der Waals surface area contributed by atoms with E-state index in [4.69, 9.17) is 24.0 Å². The first-order chi connectivity index (χ1) is 5.00. The Morgan fingerprint density at radius 1 is 0.333 bits per heavy atom. The predicted molar refractivity (Wildman–Crippen MR) is 33.8 cm³/mol. The fourth-order valence-corrected chi connectivity index (χ4v) is 0. The van der Waals surface area contributed by atoms with Gasteiger partial charge in [-0.25, -0.2) is 0 Å². The summed E-state index contributed by atoms with van der Waals surface area (Å²) in [4.78, 5) is 38.8.